The molecule has 1 atom stereocenters. The Morgan fingerprint density at radius 1 is 1.33 bits per heavy atom. The number of nitrogens with one attached hydrogen (secondary N) is 2. The molecule has 2 rings (SSSR count). The quantitative estimate of drug-likeness (QED) is 0.884. The van der Waals surface area contributed by atoms with E-state index in [0.717, 1.165) is 11.9 Å². The molecule has 0 aliphatic rings. The second-order valence-electron chi connectivity index (χ2n) is 4.81. The Bertz CT molecular complexity index is 742. The predicted octanol–water partition coefficient (Wildman–Crippen LogP) is 2.62. The highest BCUT2D eigenvalue weighted by Gasteiger charge is 2.12. The monoisotopic (exact) mass is 328 g/mol. The summed E-state index contributed by atoms with van der Waals surface area (Å²) in [6.45, 7) is 1.98. The van der Waals surface area contributed by atoms with Gasteiger partial charge in [-0.3, -0.25) is 9.40 Å². The summed E-state index contributed by atoms with van der Waals surface area (Å²) in [4.78, 5) is 0. The molecule has 0 bridgehead atoms. The Kier molecular flexibility index (Phi) is 4.43. The van der Waals surface area contributed by atoms with Crippen LogP contribution in [-0.4, -0.2) is 24.5 Å². The molecule has 0 spiro atoms. The van der Waals surface area contributed by atoms with E-state index in [1.165, 1.54) is 0 Å². The molecule has 2 N–H and O–H groups in total. The molecule has 0 aliphatic heterocycles. The lowest BCUT2D eigenvalue weighted by Gasteiger charge is -2.17. The van der Waals surface area contributed by atoms with Crippen LogP contribution in [0, 0.1) is 0 Å². The molecule has 6 nitrogen and oxygen atoms in total. The number of benzene rings is 1. The summed E-state index contributed by atoms with van der Waals surface area (Å²) in [6.07, 6.45) is 2.82. The molecule has 21 heavy (non-hydrogen) atoms. The molecule has 0 amide bonds. The molecule has 1 aromatic carbocycles. The molecule has 1 aromatic heterocycles. The van der Waals surface area contributed by atoms with E-state index in [1.807, 2.05) is 20.0 Å². The van der Waals surface area contributed by atoms with Gasteiger partial charge < -0.3 is 5.32 Å². The minimum atomic E-state index is -3.32. The number of sulfonamides is 1. The summed E-state index contributed by atoms with van der Waals surface area (Å²) < 4.78 is 26.7. The number of anilines is 2. The molecule has 1 heterocycles. The van der Waals surface area contributed by atoms with Crippen molar-refractivity contribution in [2.24, 2.45) is 7.05 Å². The van der Waals surface area contributed by atoms with E-state index >= 15 is 0 Å². The third kappa shape index (κ3) is 4.12. The van der Waals surface area contributed by atoms with Crippen LogP contribution >= 0.6 is 11.6 Å². The highest BCUT2D eigenvalue weighted by atomic mass is 35.5. The van der Waals surface area contributed by atoms with Gasteiger partial charge in [0.05, 0.1) is 34.4 Å². The average molecular weight is 329 g/mol. The van der Waals surface area contributed by atoms with Crippen molar-refractivity contribution in [3.05, 3.63) is 41.2 Å². The molecular formula is C13H17ClN4O2S. The normalized spacial score (nSPS) is 13.0. The maximum atomic E-state index is 11.3. The minimum Gasteiger partial charge on any atom is -0.376 e. The lowest BCUT2D eigenvalue weighted by Crippen LogP contribution is -2.13. The van der Waals surface area contributed by atoms with Crippen molar-refractivity contribution in [1.29, 1.82) is 0 Å². The lowest BCUT2D eigenvalue weighted by molar-refractivity contribution is 0.607. The summed E-state index contributed by atoms with van der Waals surface area (Å²) in [5, 5.41) is 7.89. The van der Waals surface area contributed by atoms with Crippen LogP contribution in [0.2, 0.25) is 5.02 Å². The molecule has 1 unspecified atom stereocenters. The van der Waals surface area contributed by atoms with Crippen molar-refractivity contribution >= 4 is 33.0 Å². The predicted molar refractivity (Wildman–Crippen MR) is 85.2 cm³/mol. The smallest absolute Gasteiger partial charge is 0.229 e. The summed E-state index contributed by atoms with van der Waals surface area (Å²) >= 11 is 6.15. The van der Waals surface area contributed by atoms with Gasteiger partial charge in [-0.2, -0.15) is 5.10 Å². The van der Waals surface area contributed by atoms with E-state index < -0.39 is 10.0 Å². The topological polar surface area (TPSA) is 76.0 Å². The first-order valence-electron chi connectivity index (χ1n) is 6.28. The van der Waals surface area contributed by atoms with Crippen molar-refractivity contribution in [2.45, 2.75) is 13.0 Å². The van der Waals surface area contributed by atoms with Crippen LogP contribution in [0.1, 0.15) is 18.7 Å². The fourth-order valence-electron chi connectivity index (χ4n) is 2.03. The number of aromatic nitrogens is 2. The van der Waals surface area contributed by atoms with Crippen LogP contribution in [0.4, 0.5) is 11.4 Å². The Hall–Kier alpha value is -1.73. The third-order valence-corrected chi connectivity index (χ3v) is 3.88. The number of hydrogen-bond acceptors (Lipinski definition) is 4. The van der Waals surface area contributed by atoms with Gasteiger partial charge in [-0.15, -0.1) is 0 Å². The van der Waals surface area contributed by atoms with E-state index in [9.17, 15) is 8.42 Å². The van der Waals surface area contributed by atoms with Crippen molar-refractivity contribution in [3.8, 4) is 0 Å². The maximum Gasteiger partial charge on any atom is 0.229 e. The number of halogens is 1. The van der Waals surface area contributed by atoms with Gasteiger partial charge in [0.2, 0.25) is 10.0 Å². The first-order chi connectivity index (χ1) is 9.76. The van der Waals surface area contributed by atoms with Crippen LogP contribution < -0.4 is 10.0 Å². The number of rotatable bonds is 5. The standard InChI is InChI=1S/C13H17ClN4O2S/c1-9(13-6-7-15-18(13)2)16-12-8-10(4-5-11(12)14)17-21(3,19)20/h4-9,16-17H,1-3H3. The van der Waals surface area contributed by atoms with Crippen LogP contribution in [0.25, 0.3) is 0 Å². The maximum absolute atomic E-state index is 11.3. The molecular weight excluding hydrogens is 312 g/mol. The van der Waals surface area contributed by atoms with Gasteiger partial charge >= 0.3 is 0 Å². The first kappa shape index (κ1) is 15.7. The Morgan fingerprint density at radius 2 is 2.05 bits per heavy atom. The van der Waals surface area contributed by atoms with Crippen molar-refractivity contribution in [2.75, 3.05) is 16.3 Å². The van der Waals surface area contributed by atoms with Crippen molar-refractivity contribution in [3.63, 3.8) is 0 Å². The molecule has 0 radical (unpaired) electrons. The first-order valence-corrected chi connectivity index (χ1v) is 8.55. The summed E-state index contributed by atoms with van der Waals surface area (Å²) in [6, 6.07) is 6.81. The van der Waals surface area contributed by atoms with Crippen LogP contribution in [0.3, 0.4) is 0 Å². The van der Waals surface area contributed by atoms with Gasteiger partial charge in [-0.25, -0.2) is 8.42 Å². The van der Waals surface area contributed by atoms with Crippen molar-refractivity contribution < 1.29 is 8.42 Å². The zero-order chi connectivity index (χ0) is 15.6. The number of hydrogen-bond donors (Lipinski definition) is 2. The van der Waals surface area contributed by atoms with Gasteiger partial charge in [-0.05, 0) is 31.2 Å². The van der Waals surface area contributed by atoms with Crippen molar-refractivity contribution in [1.82, 2.24) is 9.78 Å². The fraction of sp³-hybridized carbons (Fsp3) is 0.308. The van der Waals surface area contributed by atoms with Gasteiger partial charge in [-0.1, -0.05) is 11.6 Å². The highest BCUT2D eigenvalue weighted by Crippen LogP contribution is 2.29. The van der Waals surface area contributed by atoms with Gasteiger partial charge in [0, 0.05) is 13.2 Å². The summed E-state index contributed by atoms with van der Waals surface area (Å²) in [5.74, 6) is 0. The third-order valence-electron chi connectivity index (χ3n) is 2.94. The van der Waals surface area contributed by atoms with Crippen LogP contribution in [0.15, 0.2) is 30.5 Å². The van der Waals surface area contributed by atoms with E-state index in [4.69, 9.17) is 11.6 Å². The molecule has 0 aliphatic carbocycles. The molecule has 114 valence electrons. The summed E-state index contributed by atoms with van der Waals surface area (Å²) in [7, 11) is -1.46. The molecule has 0 saturated carbocycles. The van der Waals surface area contributed by atoms with E-state index in [2.05, 4.69) is 15.1 Å². The summed E-state index contributed by atoms with van der Waals surface area (Å²) in [5.41, 5.74) is 2.10. The van der Waals surface area contributed by atoms with Crippen LogP contribution in [0.5, 0.6) is 0 Å². The number of nitrogens with zero attached hydrogens (tertiary/aromatic N) is 2. The van der Waals surface area contributed by atoms with Crippen LogP contribution in [-0.2, 0) is 17.1 Å². The second-order valence-corrected chi connectivity index (χ2v) is 6.97. The Labute approximate surface area is 129 Å². The molecule has 8 heteroatoms. The molecule has 0 saturated heterocycles. The van der Waals surface area contributed by atoms with E-state index in [-0.39, 0.29) is 6.04 Å². The van der Waals surface area contributed by atoms with Gasteiger partial charge in [0.1, 0.15) is 0 Å². The lowest BCUT2D eigenvalue weighted by atomic mass is 10.2. The Balaban J connectivity index is 2.23. The minimum absolute atomic E-state index is 0.0246. The van der Waals surface area contributed by atoms with E-state index in [0.29, 0.717) is 16.4 Å². The zero-order valence-electron chi connectivity index (χ0n) is 12.0. The highest BCUT2D eigenvalue weighted by molar-refractivity contribution is 7.92. The molecule has 0 fully saturated rings. The molecule has 2 aromatic rings. The zero-order valence-corrected chi connectivity index (χ0v) is 13.5. The average Bonchev–Trinajstić information content (AvgIpc) is 2.78. The number of aryl methyl sites for hydroxylation is 1. The fourth-order valence-corrected chi connectivity index (χ4v) is 2.76. The van der Waals surface area contributed by atoms with Gasteiger partial charge in [0.15, 0.2) is 0 Å². The SMILES string of the molecule is CC(Nc1cc(NS(C)(=O)=O)ccc1Cl)c1ccnn1C. The second kappa shape index (κ2) is 5.95. The van der Waals surface area contributed by atoms with Gasteiger partial charge in [0.25, 0.3) is 0 Å². The van der Waals surface area contributed by atoms with E-state index in [1.54, 1.807) is 29.1 Å². The Morgan fingerprint density at radius 3 is 2.62 bits per heavy atom. The largest absolute Gasteiger partial charge is 0.376 e.